The Morgan fingerprint density at radius 1 is 1.04 bits per heavy atom. The van der Waals surface area contributed by atoms with E-state index in [1.54, 1.807) is 14.0 Å². The number of anilines is 3. The van der Waals surface area contributed by atoms with Crippen LogP contribution in [0.25, 0.3) is 0 Å². The highest BCUT2D eigenvalue weighted by atomic mass is 16.5. The standard InChI is InChI=1S/C22H29N3O3/c1-6-8-21(26)24-18-10-7-9-17(15(18)3)23-16(4)22(27)25-19-13-14(2)11-12-20(19)28-5/h7,9-13,16,23H,6,8H2,1-5H3,(H,24,26)(H,25,27). The summed E-state index contributed by atoms with van der Waals surface area (Å²) in [5.74, 6) is 0.423. The molecule has 150 valence electrons. The van der Waals surface area contributed by atoms with E-state index >= 15 is 0 Å². The first-order chi connectivity index (χ1) is 13.3. The van der Waals surface area contributed by atoms with E-state index in [1.807, 2.05) is 57.2 Å². The molecule has 2 aromatic rings. The van der Waals surface area contributed by atoms with Crippen molar-refractivity contribution in [3.8, 4) is 5.75 Å². The number of carbonyl (C=O) groups is 2. The lowest BCUT2D eigenvalue weighted by Gasteiger charge is -2.19. The highest BCUT2D eigenvalue weighted by Crippen LogP contribution is 2.27. The number of nitrogens with one attached hydrogen (secondary N) is 3. The molecular weight excluding hydrogens is 354 g/mol. The van der Waals surface area contributed by atoms with Crippen molar-refractivity contribution in [2.75, 3.05) is 23.1 Å². The van der Waals surface area contributed by atoms with Crippen molar-refractivity contribution in [2.24, 2.45) is 0 Å². The maximum atomic E-state index is 12.7. The monoisotopic (exact) mass is 383 g/mol. The molecule has 0 aromatic heterocycles. The van der Waals surface area contributed by atoms with Gasteiger partial charge in [0.05, 0.1) is 12.8 Å². The number of hydrogen-bond acceptors (Lipinski definition) is 4. The lowest BCUT2D eigenvalue weighted by Crippen LogP contribution is -2.32. The zero-order valence-electron chi connectivity index (χ0n) is 17.2. The minimum absolute atomic E-state index is 0.0138. The summed E-state index contributed by atoms with van der Waals surface area (Å²) in [5.41, 5.74) is 4.10. The van der Waals surface area contributed by atoms with E-state index in [4.69, 9.17) is 4.74 Å². The Bertz CT molecular complexity index is 849. The van der Waals surface area contributed by atoms with Gasteiger partial charge in [-0.25, -0.2) is 0 Å². The predicted octanol–water partition coefficient (Wildman–Crippen LogP) is 4.49. The molecule has 28 heavy (non-hydrogen) atoms. The van der Waals surface area contributed by atoms with E-state index in [1.165, 1.54) is 0 Å². The van der Waals surface area contributed by atoms with Gasteiger partial charge in [0.15, 0.2) is 0 Å². The van der Waals surface area contributed by atoms with E-state index in [0.29, 0.717) is 17.9 Å². The largest absolute Gasteiger partial charge is 0.495 e. The average Bonchev–Trinajstić information content (AvgIpc) is 2.65. The number of aryl methyl sites for hydroxylation is 1. The second-order valence-corrected chi connectivity index (χ2v) is 6.84. The molecule has 0 aliphatic heterocycles. The number of hydrogen-bond donors (Lipinski definition) is 3. The van der Waals surface area contributed by atoms with Gasteiger partial charge < -0.3 is 20.7 Å². The van der Waals surface area contributed by atoms with Crippen molar-refractivity contribution in [2.45, 2.75) is 46.6 Å². The molecule has 0 aliphatic rings. The van der Waals surface area contributed by atoms with Gasteiger partial charge in [-0.3, -0.25) is 9.59 Å². The fraction of sp³-hybridized carbons (Fsp3) is 0.364. The predicted molar refractivity (Wildman–Crippen MR) is 114 cm³/mol. The molecule has 2 aromatic carbocycles. The zero-order valence-corrected chi connectivity index (χ0v) is 17.2. The van der Waals surface area contributed by atoms with Crippen molar-refractivity contribution >= 4 is 28.9 Å². The lowest BCUT2D eigenvalue weighted by molar-refractivity contribution is -0.117. The Balaban J connectivity index is 2.10. The molecule has 6 nitrogen and oxygen atoms in total. The summed E-state index contributed by atoms with van der Waals surface area (Å²) in [6, 6.07) is 10.8. The van der Waals surface area contributed by atoms with E-state index in [9.17, 15) is 9.59 Å². The van der Waals surface area contributed by atoms with Gasteiger partial charge in [0.25, 0.3) is 0 Å². The topological polar surface area (TPSA) is 79.5 Å². The summed E-state index contributed by atoms with van der Waals surface area (Å²) in [6.07, 6.45) is 1.27. The molecule has 1 atom stereocenters. The van der Waals surface area contributed by atoms with Crippen LogP contribution in [-0.4, -0.2) is 25.0 Å². The van der Waals surface area contributed by atoms with Crippen molar-refractivity contribution in [1.29, 1.82) is 0 Å². The lowest BCUT2D eigenvalue weighted by atomic mass is 10.1. The summed E-state index contributed by atoms with van der Waals surface area (Å²) in [7, 11) is 1.57. The van der Waals surface area contributed by atoms with Gasteiger partial charge in [0, 0.05) is 17.8 Å². The number of ether oxygens (including phenoxy) is 1. The quantitative estimate of drug-likeness (QED) is 0.627. The first-order valence-corrected chi connectivity index (χ1v) is 9.47. The Hall–Kier alpha value is -3.02. The third-order valence-electron chi connectivity index (χ3n) is 4.46. The summed E-state index contributed by atoms with van der Waals surface area (Å²) in [5, 5.41) is 9.05. The van der Waals surface area contributed by atoms with Gasteiger partial charge in [0.2, 0.25) is 11.8 Å². The van der Waals surface area contributed by atoms with Gasteiger partial charge in [-0.1, -0.05) is 19.1 Å². The van der Waals surface area contributed by atoms with E-state index in [-0.39, 0.29) is 11.8 Å². The van der Waals surface area contributed by atoms with Gasteiger partial charge in [-0.15, -0.1) is 0 Å². The summed E-state index contributed by atoms with van der Waals surface area (Å²) < 4.78 is 5.32. The summed E-state index contributed by atoms with van der Waals surface area (Å²) in [4.78, 5) is 24.5. The Morgan fingerprint density at radius 3 is 2.43 bits per heavy atom. The number of rotatable bonds is 8. The van der Waals surface area contributed by atoms with Crippen molar-refractivity contribution < 1.29 is 14.3 Å². The fourth-order valence-corrected chi connectivity index (χ4v) is 2.83. The van der Waals surface area contributed by atoms with Crippen LogP contribution in [0.1, 0.15) is 37.8 Å². The van der Waals surface area contributed by atoms with Crippen molar-refractivity contribution in [3.05, 3.63) is 47.5 Å². The van der Waals surface area contributed by atoms with Gasteiger partial charge >= 0.3 is 0 Å². The molecule has 0 radical (unpaired) electrons. The van der Waals surface area contributed by atoms with Crippen LogP contribution in [0.3, 0.4) is 0 Å². The maximum absolute atomic E-state index is 12.7. The minimum Gasteiger partial charge on any atom is -0.495 e. The van der Waals surface area contributed by atoms with Crippen LogP contribution in [0.5, 0.6) is 5.75 Å². The van der Waals surface area contributed by atoms with E-state index in [2.05, 4.69) is 16.0 Å². The van der Waals surface area contributed by atoms with Crippen LogP contribution < -0.4 is 20.7 Å². The summed E-state index contributed by atoms with van der Waals surface area (Å²) >= 11 is 0. The van der Waals surface area contributed by atoms with Crippen LogP contribution in [0.4, 0.5) is 17.1 Å². The van der Waals surface area contributed by atoms with Crippen molar-refractivity contribution in [1.82, 2.24) is 0 Å². The van der Waals surface area contributed by atoms with Gasteiger partial charge in [-0.05, 0) is 62.6 Å². The molecule has 1 unspecified atom stereocenters. The number of methoxy groups -OCH3 is 1. The highest BCUT2D eigenvalue weighted by Gasteiger charge is 2.17. The fourth-order valence-electron chi connectivity index (χ4n) is 2.83. The van der Waals surface area contributed by atoms with Crippen LogP contribution >= 0.6 is 0 Å². The van der Waals surface area contributed by atoms with Crippen LogP contribution in [0.2, 0.25) is 0 Å². The molecular formula is C22H29N3O3. The molecule has 0 spiro atoms. The molecule has 6 heteroatoms. The Morgan fingerprint density at radius 2 is 1.75 bits per heavy atom. The number of carbonyl (C=O) groups excluding carboxylic acids is 2. The van der Waals surface area contributed by atoms with E-state index < -0.39 is 6.04 Å². The normalized spacial score (nSPS) is 11.5. The zero-order chi connectivity index (χ0) is 20.7. The third-order valence-corrected chi connectivity index (χ3v) is 4.46. The van der Waals surface area contributed by atoms with Crippen LogP contribution in [0, 0.1) is 13.8 Å². The molecule has 0 saturated heterocycles. The summed E-state index contributed by atoms with van der Waals surface area (Å²) in [6.45, 7) is 7.63. The molecule has 0 fully saturated rings. The second-order valence-electron chi connectivity index (χ2n) is 6.84. The Labute approximate surface area is 166 Å². The van der Waals surface area contributed by atoms with Gasteiger partial charge in [0.1, 0.15) is 11.8 Å². The smallest absolute Gasteiger partial charge is 0.246 e. The van der Waals surface area contributed by atoms with E-state index in [0.717, 1.165) is 28.9 Å². The number of amides is 2. The molecule has 2 amide bonds. The molecule has 0 bridgehead atoms. The average molecular weight is 383 g/mol. The molecule has 0 saturated carbocycles. The van der Waals surface area contributed by atoms with Crippen LogP contribution in [0.15, 0.2) is 36.4 Å². The van der Waals surface area contributed by atoms with Crippen molar-refractivity contribution in [3.63, 3.8) is 0 Å². The maximum Gasteiger partial charge on any atom is 0.246 e. The molecule has 3 N–H and O–H groups in total. The Kier molecular flexibility index (Phi) is 7.44. The third kappa shape index (κ3) is 5.49. The molecule has 0 aliphatic carbocycles. The minimum atomic E-state index is -0.481. The number of benzene rings is 2. The first-order valence-electron chi connectivity index (χ1n) is 9.47. The molecule has 0 heterocycles. The highest BCUT2D eigenvalue weighted by molar-refractivity contribution is 5.98. The van der Waals surface area contributed by atoms with Gasteiger partial charge in [-0.2, -0.15) is 0 Å². The second kappa shape index (κ2) is 9.78. The van der Waals surface area contributed by atoms with Crippen LogP contribution in [-0.2, 0) is 9.59 Å². The molecule has 2 rings (SSSR count). The first kappa shape index (κ1) is 21.3. The SMILES string of the molecule is CCCC(=O)Nc1cccc(NC(C)C(=O)Nc2cc(C)ccc2OC)c1C.